The van der Waals surface area contributed by atoms with Crippen LogP contribution in [0.4, 0.5) is 0 Å². The Labute approximate surface area is 215 Å². The number of carboxylic acids is 1. The molecule has 1 aromatic heterocycles. The molecule has 2 aliphatic rings. The smallest absolute Gasteiger partial charge is 0.307 e. The zero-order chi connectivity index (χ0) is 25.1. The summed E-state index contributed by atoms with van der Waals surface area (Å²) in [5.41, 5.74) is 4.64. The Hall–Kier alpha value is -3.19. The molecule has 7 heteroatoms. The lowest BCUT2D eigenvalue weighted by molar-refractivity contribution is -0.136. The summed E-state index contributed by atoms with van der Waals surface area (Å²) in [5, 5.41) is 21.1. The average Bonchev–Trinajstić information content (AvgIpc) is 3.02. The Bertz CT molecular complexity index is 1280. The Kier molecular flexibility index (Phi) is 7.10. The van der Waals surface area contributed by atoms with Gasteiger partial charge in [-0.2, -0.15) is 0 Å². The van der Waals surface area contributed by atoms with Crippen LogP contribution < -0.4 is 4.74 Å². The fraction of sp³-hybridized carbons (Fsp3) is 0.310. The second-order valence-corrected chi connectivity index (χ2v) is 9.91. The number of likely N-dealkylation sites (tertiary alicyclic amines) is 1. The summed E-state index contributed by atoms with van der Waals surface area (Å²) in [6.07, 6.45) is 6.09. The zero-order valence-electron chi connectivity index (χ0n) is 20.0. The first kappa shape index (κ1) is 24.5. The van der Waals surface area contributed by atoms with Gasteiger partial charge in [0.2, 0.25) is 0 Å². The van der Waals surface area contributed by atoms with Crippen molar-refractivity contribution in [3.63, 3.8) is 0 Å². The number of piperidine rings is 1. The number of aromatic nitrogens is 1. The molecule has 5 rings (SSSR count). The Morgan fingerprint density at radius 2 is 1.89 bits per heavy atom. The lowest BCUT2D eigenvalue weighted by Crippen LogP contribution is -2.42. The van der Waals surface area contributed by atoms with Crippen LogP contribution in [0, 0.1) is 0 Å². The summed E-state index contributed by atoms with van der Waals surface area (Å²) in [7, 11) is 0. The van der Waals surface area contributed by atoms with Crippen LogP contribution >= 0.6 is 11.6 Å². The number of pyridine rings is 1. The van der Waals surface area contributed by atoms with Gasteiger partial charge in [-0.25, -0.2) is 0 Å². The Morgan fingerprint density at radius 3 is 2.64 bits per heavy atom. The second-order valence-electron chi connectivity index (χ2n) is 9.47. The van der Waals surface area contributed by atoms with E-state index in [0.29, 0.717) is 24.5 Å². The first-order valence-corrected chi connectivity index (χ1v) is 12.6. The van der Waals surface area contributed by atoms with Crippen molar-refractivity contribution in [3.05, 3.63) is 99.8 Å². The standard InChI is InChI=1S/C29H29ClN2O4/c30-22-8-6-21(7-9-22)29(35)11-15-32(16-12-29)14-2-4-23-24-3-1-13-31-26(24)19-36-27-10-5-20(17-25(23)27)18-28(33)34/h1,3-10,13,17,35H,2,11-12,14-16,18-19H2,(H,33,34). The molecule has 0 atom stereocenters. The van der Waals surface area contributed by atoms with Gasteiger partial charge in [-0.1, -0.05) is 41.9 Å². The van der Waals surface area contributed by atoms with Gasteiger partial charge in [-0.05, 0) is 66.3 Å². The van der Waals surface area contributed by atoms with E-state index in [1.165, 1.54) is 0 Å². The minimum atomic E-state index is -0.860. The number of rotatable bonds is 6. The molecule has 0 bridgehead atoms. The number of benzene rings is 2. The fourth-order valence-electron chi connectivity index (χ4n) is 5.09. The minimum absolute atomic E-state index is 0.0369. The predicted molar refractivity (Wildman–Crippen MR) is 139 cm³/mol. The number of hydrogen-bond donors (Lipinski definition) is 2. The number of fused-ring (bicyclic) bond motifs is 2. The number of aliphatic carboxylic acids is 1. The Balaban J connectivity index is 1.33. The molecule has 0 amide bonds. The highest BCUT2D eigenvalue weighted by Crippen LogP contribution is 2.37. The van der Waals surface area contributed by atoms with E-state index >= 15 is 0 Å². The number of carboxylic acid groups (broad SMARTS) is 1. The average molecular weight is 505 g/mol. The summed E-state index contributed by atoms with van der Waals surface area (Å²) in [6.45, 7) is 2.85. The SMILES string of the molecule is O=C(O)Cc1ccc2c(c1)C(=CCCN1CCC(O)(c3ccc(Cl)cc3)CC1)c1cccnc1CO2. The summed E-state index contributed by atoms with van der Waals surface area (Å²) in [4.78, 5) is 18.2. The highest BCUT2D eigenvalue weighted by atomic mass is 35.5. The molecular weight excluding hydrogens is 476 g/mol. The number of halogens is 1. The molecule has 3 aromatic rings. The quantitative estimate of drug-likeness (QED) is 0.488. The molecule has 186 valence electrons. The maximum absolute atomic E-state index is 11.3. The third-order valence-electron chi connectivity index (χ3n) is 7.09. The van der Waals surface area contributed by atoms with E-state index in [0.717, 1.165) is 65.3 Å². The molecule has 6 nitrogen and oxygen atoms in total. The lowest BCUT2D eigenvalue weighted by Gasteiger charge is -2.38. The van der Waals surface area contributed by atoms with Crippen LogP contribution in [0.1, 0.15) is 47.2 Å². The number of nitrogens with zero attached hydrogens (tertiary/aromatic N) is 2. The van der Waals surface area contributed by atoms with Crippen LogP contribution in [-0.4, -0.2) is 45.7 Å². The van der Waals surface area contributed by atoms with Gasteiger partial charge in [-0.3, -0.25) is 9.78 Å². The molecular formula is C29H29ClN2O4. The number of carbonyl (C=O) groups is 1. The fourth-order valence-corrected chi connectivity index (χ4v) is 5.22. The Morgan fingerprint density at radius 1 is 1.11 bits per heavy atom. The van der Waals surface area contributed by atoms with E-state index < -0.39 is 11.6 Å². The minimum Gasteiger partial charge on any atom is -0.487 e. The topological polar surface area (TPSA) is 82.9 Å². The number of aliphatic hydroxyl groups is 1. The summed E-state index contributed by atoms with van der Waals surface area (Å²) < 4.78 is 6.04. The molecule has 36 heavy (non-hydrogen) atoms. The maximum Gasteiger partial charge on any atom is 0.307 e. The molecule has 0 spiro atoms. The lowest BCUT2D eigenvalue weighted by atomic mass is 9.84. The van der Waals surface area contributed by atoms with Gasteiger partial charge >= 0.3 is 5.97 Å². The molecule has 2 aliphatic heterocycles. The highest BCUT2D eigenvalue weighted by molar-refractivity contribution is 6.30. The predicted octanol–water partition coefficient (Wildman–Crippen LogP) is 5.06. The summed E-state index contributed by atoms with van der Waals surface area (Å²) in [6, 6.07) is 17.0. The molecule has 1 saturated heterocycles. The van der Waals surface area contributed by atoms with Crippen molar-refractivity contribution in [3.8, 4) is 5.75 Å². The van der Waals surface area contributed by atoms with Gasteiger partial charge in [-0.15, -0.1) is 0 Å². The number of ether oxygens (including phenoxy) is 1. The summed E-state index contributed by atoms with van der Waals surface area (Å²) >= 11 is 6.01. The van der Waals surface area contributed by atoms with Crippen molar-refractivity contribution in [2.75, 3.05) is 19.6 Å². The van der Waals surface area contributed by atoms with E-state index in [1.54, 1.807) is 6.20 Å². The maximum atomic E-state index is 11.3. The second kappa shape index (κ2) is 10.4. The van der Waals surface area contributed by atoms with Gasteiger partial charge in [0.15, 0.2) is 0 Å². The van der Waals surface area contributed by atoms with Crippen molar-refractivity contribution in [1.29, 1.82) is 0 Å². The van der Waals surface area contributed by atoms with Gasteiger partial charge in [0, 0.05) is 42.0 Å². The molecule has 0 saturated carbocycles. The van der Waals surface area contributed by atoms with Gasteiger partial charge in [0.1, 0.15) is 12.4 Å². The van der Waals surface area contributed by atoms with Crippen LogP contribution in [0.25, 0.3) is 5.57 Å². The van der Waals surface area contributed by atoms with Crippen LogP contribution in [-0.2, 0) is 23.4 Å². The third-order valence-corrected chi connectivity index (χ3v) is 7.34. The highest BCUT2D eigenvalue weighted by Gasteiger charge is 2.33. The van der Waals surface area contributed by atoms with Crippen LogP contribution in [0.5, 0.6) is 5.75 Å². The van der Waals surface area contributed by atoms with Crippen LogP contribution in [0.15, 0.2) is 66.9 Å². The van der Waals surface area contributed by atoms with E-state index in [9.17, 15) is 15.0 Å². The van der Waals surface area contributed by atoms with Crippen molar-refractivity contribution in [2.24, 2.45) is 0 Å². The van der Waals surface area contributed by atoms with Gasteiger partial charge in [0.05, 0.1) is 17.7 Å². The van der Waals surface area contributed by atoms with Gasteiger partial charge in [0.25, 0.3) is 0 Å². The molecule has 2 N–H and O–H groups in total. The third kappa shape index (κ3) is 5.31. The van der Waals surface area contributed by atoms with Crippen molar-refractivity contribution in [2.45, 2.75) is 37.9 Å². The summed E-state index contributed by atoms with van der Waals surface area (Å²) in [5.74, 6) is -0.125. The molecule has 0 radical (unpaired) electrons. The first-order valence-electron chi connectivity index (χ1n) is 12.2. The molecule has 1 fully saturated rings. The monoisotopic (exact) mass is 504 g/mol. The van der Waals surface area contributed by atoms with Crippen molar-refractivity contribution in [1.82, 2.24) is 9.88 Å². The van der Waals surface area contributed by atoms with E-state index in [-0.39, 0.29) is 6.42 Å². The zero-order valence-corrected chi connectivity index (χ0v) is 20.7. The van der Waals surface area contributed by atoms with Crippen LogP contribution in [0.3, 0.4) is 0 Å². The molecule has 2 aromatic carbocycles. The first-order chi connectivity index (χ1) is 17.4. The van der Waals surface area contributed by atoms with E-state index in [2.05, 4.69) is 16.0 Å². The largest absolute Gasteiger partial charge is 0.487 e. The molecule has 0 aliphatic carbocycles. The van der Waals surface area contributed by atoms with E-state index in [4.69, 9.17) is 16.3 Å². The molecule has 0 unspecified atom stereocenters. The van der Waals surface area contributed by atoms with Crippen molar-refractivity contribution < 1.29 is 19.7 Å². The van der Waals surface area contributed by atoms with Crippen molar-refractivity contribution >= 4 is 23.1 Å². The molecule has 3 heterocycles. The van der Waals surface area contributed by atoms with Gasteiger partial charge < -0.3 is 19.8 Å². The van der Waals surface area contributed by atoms with Crippen LogP contribution in [0.2, 0.25) is 5.02 Å². The number of hydrogen-bond acceptors (Lipinski definition) is 5. The van der Waals surface area contributed by atoms with E-state index in [1.807, 2.05) is 54.6 Å². The normalized spacial score (nSPS) is 18.1.